The van der Waals surface area contributed by atoms with Crippen LogP contribution in [-0.4, -0.2) is 55.3 Å². The van der Waals surface area contributed by atoms with Crippen LogP contribution in [0.3, 0.4) is 0 Å². The van der Waals surface area contributed by atoms with Crippen LogP contribution in [0.25, 0.3) is 5.65 Å². The average Bonchev–Trinajstić information content (AvgIpc) is 3.27. The van der Waals surface area contributed by atoms with Crippen LogP contribution in [0, 0.1) is 5.92 Å². The topological polar surface area (TPSA) is 104 Å². The largest absolute Gasteiger partial charge is 0.461 e. The van der Waals surface area contributed by atoms with Crippen molar-refractivity contribution in [3.63, 3.8) is 0 Å². The number of aliphatic hydroxyl groups excluding tert-OH is 1. The SMILES string of the molecule is CCOC(=O)c1cn(Cc2cn3cc(C4CC4)cc(C(O)C4COC4)c3n2)nn1. The Morgan fingerprint density at radius 2 is 2.17 bits per heavy atom. The molecule has 1 saturated heterocycles. The van der Waals surface area contributed by atoms with E-state index < -0.39 is 12.1 Å². The summed E-state index contributed by atoms with van der Waals surface area (Å²) >= 11 is 0. The van der Waals surface area contributed by atoms with E-state index in [1.807, 2.05) is 10.6 Å². The molecule has 0 bridgehead atoms. The molecule has 5 rings (SSSR count). The molecule has 2 fully saturated rings. The van der Waals surface area contributed by atoms with Crippen LogP contribution >= 0.6 is 0 Å². The number of carbonyl (C=O) groups excluding carboxylic acids is 1. The second-order valence-corrected chi connectivity index (χ2v) is 7.73. The van der Waals surface area contributed by atoms with Crippen molar-refractivity contribution in [1.29, 1.82) is 0 Å². The number of fused-ring (bicyclic) bond motifs is 1. The monoisotopic (exact) mass is 397 g/mol. The van der Waals surface area contributed by atoms with Gasteiger partial charge in [-0.3, -0.25) is 0 Å². The average molecular weight is 397 g/mol. The van der Waals surface area contributed by atoms with Crippen LogP contribution in [0.5, 0.6) is 0 Å². The third kappa shape index (κ3) is 3.51. The third-order valence-corrected chi connectivity index (χ3v) is 5.48. The molecule has 9 nitrogen and oxygen atoms in total. The molecule has 0 spiro atoms. The van der Waals surface area contributed by atoms with Crippen LogP contribution in [0.15, 0.2) is 24.7 Å². The zero-order valence-corrected chi connectivity index (χ0v) is 16.2. The fourth-order valence-corrected chi connectivity index (χ4v) is 3.66. The highest BCUT2D eigenvalue weighted by Crippen LogP contribution is 2.42. The number of aliphatic hydroxyl groups is 1. The van der Waals surface area contributed by atoms with Gasteiger partial charge in [0.2, 0.25) is 0 Å². The molecule has 1 aliphatic carbocycles. The predicted octanol–water partition coefficient (Wildman–Crippen LogP) is 1.71. The van der Waals surface area contributed by atoms with E-state index in [2.05, 4.69) is 22.6 Å². The molecule has 3 aromatic heterocycles. The van der Waals surface area contributed by atoms with Crippen LogP contribution in [0.1, 0.15) is 59.1 Å². The fraction of sp³-hybridized carbons (Fsp3) is 0.500. The molecule has 1 unspecified atom stereocenters. The van der Waals surface area contributed by atoms with Crippen LogP contribution in [-0.2, 0) is 16.0 Å². The summed E-state index contributed by atoms with van der Waals surface area (Å²) in [5, 5.41) is 18.7. The molecule has 1 saturated carbocycles. The number of nitrogens with zero attached hydrogens (tertiary/aromatic N) is 5. The molecule has 0 radical (unpaired) electrons. The molecule has 152 valence electrons. The summed E-state index contributed by atoms with van der Waals surface area (Å²) in [5.41, 5.74) is 3.78. The first-order valence-corrected chi connectivity index (χ1v) is 9.97. The zero-order chi connectivity index (χ0) is 20.0. The molecule has 9 heteroatoms. The predicted molar refractivity (Wildman–Crippen MR) is 102 cm³/mol. The molecular weight excluding hydrogens is 374 g/mol. The molecule has 1 N–H and O–H groups in total. The van der Waals surface area contributed by atoms with Crippen LogP contribution < -0.4 is 0 Å². The highest BCUT2D eigenvalue weighted by Gasteiger charge is 2.32. The first kappa shape index (κ1) is 18.3. The van der Waals surface area contributed by atoms with Gasteiger partial charge in [0.05, 0.1) is 44.4 Å². The molecule has 4 heterocycles. The molecular formula is C20H23N5O4. The number of esters is 1. The minimum absolute atomic E-state index is 0.107. The third-order valence-electron chi connectivity index (χ3n) is 5.48. The Morgan fingerprint density at radius 3 is 2.86 bits per heavy atom. The smallest absolute Gasteiger partial charge is 0.360 e. The highest BCUT2D eigenvalue weighted by atomic mass is 16.5. The first-order chi connectivity index (χ1) is 14.1. The highest BCUT2D eigenvalue weighted by molar-refractivity contribution is 5.86. The van der Waals surface area contributed by atoms with Gasteiger partial charge in [0.1, 0.15) is 5.65 Å². The van der Waals surface area contributed by atoms with Gasteiger partial charge in [-0.25, -0.2) is 14.5 Å². The van der Waals surface area contributed by atoms with Crippen molar-refractivity contribution < 1.29 is 19.4 Å². The summed E-state index contributed by atoms with van der Waals surface area (Å²) in [4.78, 5) is 16.5. The van der Waals surface area contributed by atoms with E-state index in [4.69, 9.17) is 14.5 Å². The van der Waals surface area contributed by atoms with Gasteiger partial charge in [-0.05, 0) is 37.3 Å². The normalized spacial score (nSPS) is 18.0. The number of aromatic nitrogens is 5. The molecule has 0 aromatic carbocycles. The van der Waals surface area contributed by atoms with Gasteiger partial charge in [-0.15, -0.1) is 5.10 Å². The van der Waals surface area contributed by atoms with Crippen molar-refractivity contribution >= 4 is 11.6 Å². The van der Waals surface area contributed by atoms with Crippen LogP contribution in [0.2, 0.25) is 0 Å². The Labute approximate surface area is 167 Å². The lowest BCUT2D eigenvalue weighted by Crippen LogP contribution is -2.33. The van der Waals surface area contributed by atoms with Crippen molar-refractivity contribution in [3.05, 3.63) is 47.2 Å². The van der Waals surface area contributed by atoms with E-state index in [1.54, 1.807) is 17.8 Å². The number of ether oxygens (including phenoxy) is 2. The summed E-state index contributed by atoms with van der Waals surface area (Å²) in [6, 6.07) is 2.10. The summed E-state index contributed by atoms with van der Waals surface area (Å²) in [6.45, 7) is 3.55. The maximum absolute atomic E-state index is 11.8. The van der Waals surface area contributed by atoms with Gasteiger partial charge in [0, 0.05) is 23.9 Å². The molecule has 3 aromatic rings. The molecule has 0 amide bonds. The summed E-state index contributed by atoms with van der Waals surface area (Å²) in [6.07, 6.45) is 7.37. The van der Waals surface area contributed by atoms with Gasteiger partial charge in [0.15, 0.2) is 5.69 Å². The lowest BCUT2D eigenvalue weighted by Gasteiger charge is -2.31. The molecule has 2 aliphatic rings. The fourth-order valence-electron chi connectivity index (χ4n) is 3.66. The number of pyridine rings is 1. The molecule has 1 atom stereocenters. The van der Waals surface area contributed by atoms with Gasteiger partial charge >= 0.3 is 5.97 Å². The number of carbonyl (C=O) groups is 1. The van der Waals surface area contributed by atoms with Crippen molar-refractivity contribution in [3.8, 4) is 0 Å². The van der Waals surface area contributed by atoms with Gasteiger partial charge in [-0.2, -0.15) is 0 Å². The Morgan fingerprint density at radius 1 is 1.34 bits per heavy atom. The van der Waals surface area contributed by atoms with Gasteiger partial charge in [0.25, 0.3) is 0 Å². The lowest BCUT2D eigenvalue weighted by molar-refractivity contribution is -0.0921. The minimum Gasteiger partial charge on any atom is -0.461 e. The number of rotatable bonds is 7. The second-order valence-electron chi connectivity index (χ2n) is 7.73. The molecule has 1 aliphatic heterocycles. The summed E-state index contributed by atoms with van der Waals surface area (Å²) in [5.74, 6) is 0.183. The van der Waals surface area contributed by atoms with E-state index in [0.29, 0.717) is 32.3 Å². The Hall–Kier alpha value is -2.78. The standard InChI is InChI=1S/C20H23N5O4/c1-2-29-20(27)17-9-25(23-22-17)8-15-7-24-6-13(12-3-4-12)5-16(19(24)21-15)18(26)14-10-28-11-14/h5-7,9,12,14,18,26H,2-4,8,10-11H2,1H3. The number of hydrogen-bond donors (Lipinski definition) is 1. The minimum atomic E-state index is -0.595. The summed E-state index contributed by atoms with van der Waals surface area (Å²) in [7, 11) is 0. The quantitative estimate of drug-likeness (QED) is 0.605. The lowest BCUT2D eigenvalue weighted by atomic mass is 9.93. The van der Waals surface area contributed by atoms with Crippen molar-refractivity contribution in [1.82, 2.24) is 24.4 Å². The Kier molecular flexibility index (Phi) is 4.56. The number of imidazole rings is 1. The van der Waals surface area contributed by atoms with E-state index >= 15 is 0 Å². The first-order valence-electron chi connectivity index (χ1n) is 9.97. The maximum atomic E-state index is 11.8. The van der Waals surface area contributed by atoms with Crippen LogP contribution in [0.4, 0.5) is 0 Å². The Bertz CT molecular complexity index is 1050. The number of hydrogen-bond acceptors (Lipinski definition) is 7. The zero-order valence-electron chi connectivity index (χ0n) is 16.2. The Balaban J connectivity index is 1.45. The van der Waals surface area contributed by atoms with Crippen molar-refractivity contribution in [2.75, 3.05) is 19.8 Å². The van der Waals surface area contributed by atoms with E-state index in [-0.39, 0.29) is 11.6 Å². The van der Waals surface area contributed by atoms with E-state index in [9.17, 15) is 9.90 Å². The molecule has 29 heavy (non-hydrogen) atoms. The maximum Gasteiger partial charge on any atom is 0.360 e. The van der Waals surface area contributed by atoms with E-state index in [1.165, 1.54) is 18.4 Å². The van der Waals surface area contributed by atoms with E-state index in [0.717, 1.165) is 16.9 Å². The van der Waals surface area contributed by atoms with Crippen molar-refractivity contribution in [2.24, 2.45) is 5.92 Å². The van der Waals surface area contributed by atoms with Gasteiger partial charge in [-0.1, -0.05) is 5.21 Å². The van der Waals surface area contributed by atoms with Crippen molar-refractivity contribution in [2.45, 2.75) is 38.3 Å². The summed E-state index contributed by atoms with van der Waals surface area (Å²) < 4.78 is 13.8. The second kappa shape index (κ2) is 7.23. The van der Waals surface area contributed by atoms with Gasteiger partial charge < -0.3 is 19.0 Å².